The molecular weight excluding hydrogens is 339 g/mol. The molecular formula is C19H19FN2O2S. The van der Waals surface area contributed by atoms with Crippen LogP contribution in [0.1, 0.15) is 25.5 Å². The molecule has 1 saturated heterocycles. The minimum absolute atomic E-state index is 0.0213. The number of anilines is 1. The lowest BCUT2D eigenvalue weighted by atomic mass is 9.80. The van der Waals surface area contributed by atoms with Gasteiger partial charge in [-0.1, -0.05) is 19.1 Å². The minimum atomic E-state index is -0.716. The topological polar surface area (TPSA) is 33.7 Å². The first-order valence-corrected chi connectivity index (χ1v) is 8.58. The van der Waals surface area contributed by atoms with E-state index in [1.54, 1.807) is 19.2 Å². The van der Waals surface area contributed by atoms with Crippen LogP contribution < -0.4 is 19.7 Å². The van der Waals surface area contributed by atoms with Crippen LogP contribution in [0.25, 0.3) is 0 Å². The number of benzene rings is 2. The lowest BCUT2D eigenvalue weighted by Crippen LogP contribution is -2.69. The molecule has 0 radical (unpaired) electrons. The third-order valence-corrected chi connectivity index (χ3v) is 5.53. The van der Waals surface area contributed by atoms with E-state index in [1.165, 1.54) is 12.1 Å². The van der Waals surface area contributed by atoms with Crippen molar-refractivity contribution in [3.05, 3.63) is 53.8 Å². The lowest BCUT2D eigenvalue weighted by molar-refractivity contribution is -0.00546. The van der Waals surface area contributed by atoms with Gasteiger partial charge in [-0.05, 0) is 49.5 Å². The molecule has 130 valence electrons. The first-order valence-electron chi connectivity index (χ1n) is 8.18. The van der Waals surface area contributed by atoms with Crippen molar-refractivity contribution in [1.82, 2.24) is 5.32 Å². The first kappa shape index (κ1) is 16.1. The second-order valence-corrected chi connectivity index (χ2v) is 6.95. The number of para-hydroxylation sites is 1. The van der Waals surface area contributed by atoms with Crippen LogP contribution in [0.4, 0.5) is 10.1 Å². The number of halogens is 1. The molecule has 0 spiro atoms. The Bertz CT molecular complexity index is 842. The van der Waals surface area contributed by atoms with E-state index in [4.69, 9.17) is 21.7 Å². The molecule has 25 heavy (non-hydrogen) atoms. The van der Waals surface area contributed by atoms with Crippen molar-refractivity contribution in [2.45, 2.75) is 25.6 Å². The van der Waals surface area contributed by atoms with Crippen LogP contribution in [0.2, 0.25) is 0 Å². The van der Waals surface area contributed by atoms with Gasteiger partial charge in [-0.3, -0.25) is 4.90 Å². The molecule has 0 saturated carbocycles. The smallest absolute Gasteiger partial charge is 0.191 e. The highest BCUT2D eigenvalue weighted by Gasteiger charge is 2.54. The van der Waals surface area contributed by atoms with Crippen molar-refractivity contribution in [3.8, 4) is 11.5 Å². The quantitative estimate of drug-likeness (QED) is 0.820. The second kappa shape index (κ2) is 5.59. The molecule has 2 aliphatic heterocycles. The number of methoxy groups -OCH3 is 1. The Morgan fingerprint density at radius 3 is 2.64 bits per heavy atom. The normalized spacial score (nSPS) is 27.2. The first-order chi connectivity index (χ1) is 12.0. The molecule has 2 bridgehead atoms. The fraction of sp³-hybridized carbons (Fsp3) is 0.316. The Morgan fingerprint density at radius 2 is 1.96 bits per heavy atom. The number of rotatable bonds is 2. The Morgan fingerprint density at radius 1 is 1.24 bits per heavy atom. The molecule has 4 rings (SSSR count). The Balaban J connectivity index is 1.86. The van der Waals surface area contributed by atoms with Crippen molar-refractivity contribution < 1.29 is 13.9 Å². The molecule has 6 heteroatoms. The highest BCUT2D eigenvalue weighted by Crippen LogP contribution is 2.51. The number of fused-ring (bicyclic) bond motifs is 4. The zero-order valence-electron chi connectivity index (χ0n) is 14.2. The van der Waals surface area contributed by atoms with Gasteiger partial charge < -0.3 is 14.8 Å². The maximum absolute atomic E-state index is 13.4. The third kappa shape index (κ3) is 2.28. The van der Waals surface area contributed by atoms with E-state index < -0.39 is 5.72 Å². The van der Waals surface area contributed by atoms with Gasteiger partial charge in [0.25, 0.3) is 0 Å². The lowest BCUT2D eigenvalue weighted by Gasteiger charge is -2.56. The molecule has 2 aliphatic rings. The van der Waals surface area contributed by atoms with Crippen molar-refractivity contribution in [2.75, 3.05) is 12.0 Å². The summed E-state index contributed by atoms with van der Waals surface area (Å²) in [5.74, 6) is 1.23. The number of nitrogens with one attached hydrogen (secondary N) is 1. The fourth-order valence-corrected chi connectivity index (χ4v) is 4.15. The molecule has 0 aromatic heterocycles. The van der Waals surface area contributed by atoms with Gasteiger partial charge in [-0.25, -0.2) is 4.39 Å². The molecule has 0 amide bonds. The summed E-state index contributed by atoms with van der Waals surface area (Å²) < 4.78 is 25.3. The van der Waals surface area contributed by atoms with E-state index in [9.17, 15) is 4.39 Å². The van der Waals surface area contributed by atoms with Gasteiger partial charge in [-0.15, -0.1) is 0 Å². The van der Waals surface area contributed by atoms with Crippen LogP contribution in [0.15, 0.2) is 42.5 Å². The van der Waals surface area contributed by atoms with Gasteiger partial charge in [0.2, 0.25) is 0 Å². The summed E-state index contributed by atoms with van der Waals surface area (Å²) in [6, 6.07) is 12.2. The molecule has 3 unspecified atom stereocenters. The van der Waals surface area contributed by atoms with E-state index in [2.05, 4.69) is 12.2 Å². The van der Waals surface area contributed by atoms with Gasteiger partial charge in [0.1, 0.15) is 5.82 Å². The SMILES string of the molecule is COc1cccc2c1OC1(C)C(C)C2NC(=S)N1c1ccc(F)cc1. The number of hydrogen-bond acceptors (Lipinski definition) is 3. The van der Waals surface area contributed by atoms with Crippen LogP contribution in [0.3, 0.4) is 0 Å². The monoisotopic (exact) mass is 358 g/mol. The predicted octanol–water partition coefficient (Wildman–Crippen LogP) is 4.01. The number of hydrogen-bond donors (Lipinski definition) is 1. The molecule has 1 N–H and O–H groups in total. The summed E-state index contributed by atoms with van der Waals surface area (Å²) in [7, 11) is 1.63. The minimum Gasteiger partial charge on any atom is -0.493 e. The van der Waals surface area contributed by atoms with E-state index >= 15 is 0 Å². The largest absolute Gasteiger partial charge is 0.493 e. The zero-order valence-corrected chi connectivity index (χ0v) is 15.1. The number of nitrogens with zero attached hydrogens (tertiary/aromatic N) is 1. The van der Waals surface area contributed by atoms with Crippen LogP contribution in [0.5, 0.6) is 11.5 Å². The molecule has 2 heterocycles. The summed E-state index contributed by atoms with van der Waals surface area (Å²) in [4.78, 5) is 1.92. The van der Waals surface area contributed by atoms with Crippen molar-refractivity contribution in [2.24, 2.45) is 5.92 Å². The Labute approximate surface area is 151 Å². The predicted molar refractivity (Wildman–Crippen MR) is 98.5 cm³/mol. The van der Waals surface area contributed by atoms with Crippen LogP contribution in [0, 0.1) is 11.7 Å². The van der Waals surface area contributed by atoms with Gasteiger partial charge in [0.05, 0.1) is 13.2 Å². The Hall–Kier alpha value is -2.34. The number of thiocarbonyl (C=S) groups is 1. The molecule has 2 aromatic carbocycles. The maximum atomic E-state index is 13.4. The average molecular weight is 358 g/mol. The van der Waals surface area contributed by atoms with Gasteiger partial charge in [-0.2, -0.15) is 0 Å². The summed E-state index contributed by atoms with van der Waals surface area (Å²) >= 11 is 5.62. The van der Waals surface area contributed by atoms with E-state index in [0.717, 1.165) is 17.0 Å². The van der Waals surface area contributed by atoms with Crippen molar-refractivity contribution in [3.63, 3.8) is 0 Å². The van der Waals surface area contributed by atoms with E-state index in [1.807, 2.05) is 30.0 Å². The van der Waals surface area contributed by atoms with Gasteiger partial charge in [0.15, 0.2) is 22.3 Å². The summed E-state index contributed by atoms with van der Waals surface area (Å²) in [6.07, 6.45) is 0. The third-order valence-electron chi connectivity index (χ3n) is 5.23. The fourth-order valence-electron chi connectivity index (χ4n) is 3.74. The highest BCUT2D eigenvalue weighted by atomic mass is 32.1. The highest BCUT2D eigenvalue weighted by molar-refractivity contribution is 7.80. The van der Waals surface area contributed by atoms with Crippen LogP contribution in [-0.2, 0) is 0 Å². The van der Waals surface area contributed by atoms with Crippen LogP contribution in [-0.4, -0.2) is 17.9 Å². The standard InChI is InChI=1S/C19H19FN2O2S/c1-11-16-14-5-4-6-15(23-3)17(14)24-19(11,2)22(18(25)21-16)13-9-7-12(20)8-10-13/h4-11,16H,1-3H3,(H,21,25). The molecule has 1 fully saturated rings. The molecule has 4 nitrogen and oxygen atoms in total. The van der Waals surface area contributed by atoms with Gasteiger partial charge >= 0.3 is 0 Å². The van der Waals surface area contributed by atoms with E-state index in [-0.39, 0.29) is 17.8 Å². The van der Waals surface area contributed by atoms with Crippen LogP contribution >= 0.6 is 12.2 Å². The number of ether oxygens (including phenoxy) is 2. The maximum Gasteiger partial charge on any atom is 0.191 e. The van der Waals surface area contributed by atoms with Gasteiger partial charge in [0, 0.05) is 17.2 Å². The Kier molecular flexibility index (Phi) is 3.61. The second-order valence-electron chi connectivity index (χ2n) is 6.56. The molecule has 2 aromatic rings. The summed E-state index contributed by atoms with van der Waals surface area (Å²) in [5.41, 5.74) is 1.10. The zero-order chi connectivity index (χ0) is 17.8. The summed E-state index contributed by atoms with van der Waals surface area (Å²) in [6.45, 7) is 4.13. The summed E-state index contributed by atoms with van der Waals surface area (Å²) in [5, 5.41) is 3.98. The van der Waals surface area contributed by atoms with E-state index in [0.29, 0.717) is 10.9 Å². The average Bonchev–Trinajstić information content (AvgIpc) is 2.59. The molecule has 3 atom stereocenters. The van der Waals surface area contributed by atoms with Crippen molar-refractivity contribution in [1.29, 1.82) is 0 Å². The van der Waals surface area contributed by atoms with Crippen molar-refractivity contribution >= 4 is 23.0 Å². The molecule has 0 aliphatic carbocycles.